The van der Waals surface area contributed by atoms with E-state index in [1.165, 1.54) is 6.26 Å². The third-order valence-corrected chi connectivity index (χ3v) is 5.26. The summed E-state index contributed by atoms with van der Waals surface area (Å²) in [5.74, 6) is 0.715. The fourth-order valence-corrected chi connectivity index (χ4v) is 3.87. The van der Waals surface area contributed by atoms with Gasteiger partial charge < -0.3 is 10.4 Å². The van der Waals surface area contributed by atoms with Crippen molar-refractivity contribution in [3.63, 3.8) is 0 Å². The van der Waals surface area contributed by atoms with E-state index in [4.69, 9.17) is 0 Å². The summed E-state index contributed by atoms with van der Waals surface area (Å²) in [6, 6.07) is 0. The first-order valence-corrected chi connectivity index (χ1v) is 9.16. The molecule has 1 atom stereocenters. The number of sulfone groups is 1. The zero-order valence-electron chi connectivity index (χ0n) is 11.2. The molecule has 0 aromatic carbocycles. The molecule has 5 nitrogen and oxygen atoms in total. The van der Waals surface area contributed by atoms with Crippen LogP contribution in [0.25, 0.3) is 0 Å². The Labute approximate surface area is 114 Å². The maximum absolute atomic E-state index is 11.2. The molecule has 1 unspecified atom stereocenters. The summed E-state index contributed by atoms with van der Waals surface area (Å²) in [5.41, 5.74) is -0.850. The minimum absolute atomic E-state index is 0.182. The molecule has 0 aromatic heterocycles. The van der Waals surface area contributed by atoms with E-state index in [0.29, 0.717) is 18.6 Å². The number of nitrogens with one attached hydrogen (secondary N) is 1. The van der Waals surface area contributed by atoms with E-state index in [1.807, 2.05) is 6.92 Å². The molecule has 0 saturated heterocycles. The highest BCUT2D eigenvalue weighted by atomic mass is 32.2. The van der Waals surface area contributed by atoms with Gasteiger partial charge in [-0.25, -0.2) is 8.42 Å². The zero-order valence-corrected chi connectivity index (χ0v) is 12.9. The predicted octanol–water partition coefficient (Wildman–Crippen LogP) is 0.997. The van der Waals surface area contributed by atoms with Gasteiger partial charge in [0.2, 0.25) is 0 Å². The lowest BCUT2D eigenvalue weighted by Crippen LogP contribution is -2.49. The van der Waals surface area contributed by atoms with Gasteiger partial charge in [-0.2, -0.15) is 11.8 Å². The number of hydrogen-bond acceptors (Lipinski definition) is 5. The number of aliphatic carboxylic acids is 1. The number of carboxylic acids is 1. The lowest BCUT2D eigenvalue weighted by atomic mass is 9.91. The smallest absolute Gasteiger partial charge is 0.323 e. The Balaban J connectivity index is 3.92. The summed E-state index contributed by atoms with van der Waals surface area (Å²) < 4.78 is 21.8. The molecule has 7 heteroatoms. The molecule has 0 radical (unpaired) electrons. The van der Waals surface area contributed by atoms with Crippen LogP contribution in [0, 0.1) is 0 Å². The fraction of sp³-hybridized carbons (Fsp3) is 0.909. The Morgan fingerprint density at radius 2 is 2.00 bits per heavy atom. The minimum atomic E-state index is -2.89. The Kier molecular flexibility index (Phi) is 7.89. The molecule has 0 saturated carbocycles. The second-order valence-corrected chi connectivity index (χ2v) is 7.82. The summed E-state index contributed by atoms with van der Waals surface area (Å²) in [4.78, 5) is 11.2. The number of carboxylic acid groups (broad SMARTS) is 1. The normalized spacial score (nSPS) is 15.3. The molecule has 0 rings (SSSR count). The van der Waals surface area contributed by atoms with Crippen LogP contribution in [0.3, 0.4) is 0 Å². The number of likely N-dealkylation sites (N-methyl/N-ethyl adjacent to an activating group) is 1. The Bertz CT molecular complexity index is 350. The maximum atomic E-state index is 11.2. The van der Waals surface area contributed by atoms with Gasteiger partial charge in [-0.1, -0.05) is 6.92 Å². The summed E-state index contributed by atoms with van der Waals surface area (Å²) in [6.45, 7) is 1.85. The monoisotopic (exact) mass is 297 g/mol. The SMILES string of the molecule is CCC(CCCSCCS(C)(=O)=O)(NC)C(=O)O. The average molecular weight is 297 g/mol. The van der Waals surface area contributed by atoms with Gasteiger partial charge in [0, 0.05) is 12.0 Å². The van der Waals surface area contributed by atoms with Crippen LogP contribution in [-0.4, -0.2) is 55.6 Å². The maximum Gasteiger partial charge on any atom is 0.323 e. The Hall–Kier alpha value is -0.270. The van der Waals surface area contributed by atoms with Crippen LogP contribution in [0.4, 0.5) is 0 Å². The van der Waals surface area contributed by atoms with Crippen molar-refractivity contribution >= 4 is 27.6 Å². The van der Waals surface area contributed by atoms with Crippen molar-refractivity contribution in [1.29, 1.82) is 0 Å². The molecule has 0 aliphatic rings. The van der Waals surface area contributed by atoms with Crippen molar-refractivity contribution in [2.75, 3.05) is 30.6 Å². The molecule has 0 aliphatic heterocycles. The molecule has 18 heavy (non-hydrogen) atoms. The van der Waals surface area contributed by atoms with Crippen LogP contribution in [-0.2, 0) is 14.6 Å². The second-order valence-electron chi connectivity index (χ2n) is 4.34. The quantitative estimate of drug-likeness (QED) is 0.585. The number of thioether (sulfide) groups is 1. The average Bonchev–Trinajstić information content (AvgIpc) is 2.27. The molecule has 108 valence electrons. The van der Waals surface area contributed by atoms with Crippen molar-refractivity contribution < 1.29 is 18.3 Å². The molecule has 2 N–H and O–H groups in total. The summed E-state index contributed by atoms with van der Waals surface area (Å²) in [6.07, 6.45) is 3.07. The van der Waals surface area contributed by atoms with Gasteiger partial charge in [-0.3, -0.25) is 4.79 Å². The van der Waals surface area contributed by atoms with Gasteiger partial charge in [-0.05, 0) is 32.1 Å². The van der Waals surface area contributed by atoms with Gasteiger partial charge in [0.15, 0.2) is 0 Å². The minimum Gasteiger partial charge on any atom is -0.480 e. The molecule has 0 bridgehead atoms. The molecule has 0 heterocycles. The van der Waals surface area contributed by atoms with Crippen LogP contribution in [0.2, 0.25) is 0 Å². The summed E-state index contributed by atoms with van der Waals surface area (Å²) in [5, 5.41) is 12.1. The third-order valence-electron chi connectivity index (χ3n) is 2.98. The first-order valence-electron chi connectivity index (χ1n) is 5.95. The number of hydrogen-bond donors (Lipinski definition) is 2. The van der Waals surface area contributed by atoms with Crippen molar-refractivity contribution in [1.82, 2.24) is 5.32 Å². The first-order chi connectivity index (χ1) is 8.27. The fourth-order valence-electron chi connectivity index (χ4n) is 1.63. The second kappa shape index (κ2) is 8.01. The molecular weight excluding hydrogens is 274 g/mol. The largest absolute Gasteiger partial charge is 0.480 e. The predicted molar refractivity (Wildman–Crippen MR) is 76.0 cm³/mol. The lowest BCUT2D eigenvalue weighted by Gasteiger charge is -2.27. The molecule has 0 amide bonds. The number of carbonyl (C=O) groups is 1. The molecule has 0 spiro atoms. The van der Waals surface area contributed by atoms with Crippen LogP contribution < -0.4 is 5.32 Å². The zero-order chi connectivity index (χ0) is 14.2. The van der Waals surface area contributed by atoms with E-state index in [2.05, 4.69) is 5.32 Å². The number of rotatable bonds is 10. The van der Waals surface area contributed by atoms with Crippen LogP contribution >= 0.6 is 11.8 Å². The van der Waals surface area contributed by atoms with Crippen LogP contribution in [0.1, 0.15) is 26.2 Å². The van der Waals surface area contributed by atoms with Crippen molar-refractivity contribution in [2.24, 2.45) is 0 Å². The highest BCUT2D eigenvalue weighted by Gasteiger charge is 2.33. The summed E-state index contributed by atoms with van der Waals surface area (Å²) >= 11 is 1.55. The van der Waals surface area contributed by atoms with E-state index >= 15 is 0 Å². The van der Waals surface area contributed by atoms with Gasteiger partial charge in [0.05, 0.1) is 5.75 Å². The van der Waals surface area contributed by atoms with E-state index in [-0.39, 0.29) is 5.75 Å². The van der Waals surface area contributed by atoms with Gasteiger partial charge >= 0.3 is 5.97 Å². The van der Waals surface area contributed by atoms with Crippen LogP contribution in [0.5, 0.6) is 0 Å². The highest BCUT2D eigenvalue weighted by molar-refractivity contribution is 8.00. The van der Waals surface area contributed by atoms with Gasteiger partial charge in [0.25, 0.3) is 0 Å². The van der Waals surface area contributed by atoms with Crippen molar-refractivity contribution in [3.8, 4) is 0 Å². The van der Waals surface area contributed by atoms with Crippen molar-refractivity contribution in [3.05, 3.63) is 0 Å². The molecule has 0 fully saturated rings. The summed E-state index contributed by atoms with van der Waals surface area (Å²) in [7, 11) is -1.23. The highest BCUT2D eigenvalue weighted by Crippen LogP contribution is 2.19. The molecule has 0 aromatic rings. The Morgan fingerprint density at radius 3 is 2.39 bits per heavy atom. The van der Waals surface area contributed by atoms with Crippen LogP contribution in [0.15, 0.2) is 0 Å². The van der Waals surface area contributed by atoms with E-state index < -0.39 is 21.3 Å². The van der Waals surface area contributed by atoms with Gasteiger partial charge in [0.1, 0.15) is 15.4 Å². The standard InChI is InChI=1S/C11H23NO4S2/c1-4-11(12-2,10(13)14)6-5-7-17-8-9-18(3,15)16/h12H,4-9H2,1-3H3,(H,13,14). The molecule has 0 aliphatic carbocycles. The first kappa shape index (κ1) is 17.7. The van der Waals surface area contributed by atoms with E-state index in [1.54, 1.807) is 18.8 Å². The van der Waals surface area contributed by atoms with E-state index in [9.17, 15) is 18.3 Å². The van der Waals surface area contributed by atoms with Crippen molar-refractivity contribution in [2.45, 2.75) is 31.7 Å². The molecular formula is C11H23NO4S2. The lowest BCUT2D eigenvalue weighted by molar-refractivity contribution is -0.145. The Morgan fingerprint density at radius 1 is 1.39 bits per heavy atom. The topological polar surface area (TPSA) is 83.5 Å². The van der Waals surface area contributed by atoms with Gasteiger partial charge in [-0.15, -0.1) is 0 Å². The van der Waals surface area contributed by atoms with E-state index in [0.717, 1.165) is 12.2 Å². The third kappa shape index (κ3) is 6.61.